The average molecular weight is 362 g/mol. The molecule has 2 aromatic carbocycles. The van der Waals surface area contributed by atoms with Crippen molar-refractivity contribution in [2.45, 2.75) is 32.3 Å². The largest absolute Gasteiger partial charge is 0.497 e. The molecule has 2 rings (SSSR count). The molecule has 1 atom stereocenters. The van der Waals surface area contributed by atoms with E-state index in [1.807, 2.05) is 25.1 Å². The van der Waals surface area contributed by atoms with E-state index in [4.69, 9.17) is 21.1 Å². The molecule has 0 unspecified atom stereocenters. The zero-order valence-electron chi connectivity index (χ0n) is 14.6. The number of hydrogen-bond donors (Lipinski definition) is 1. The summed E-state index contributed by atoms with van der Waals surface area (Å²) in [6, 6.07) is 15.0. The second kappa shape index (κ2) is 9.94. The average Bonchev–Trinajstić information content (AvgIpc) is 2.64. The predicted octanol–water partition coefficient (Wildman–Crippen LogP) is 4.26. The summed E-state index contributed by atoms with van der Waals surface area (Å²) >= 11 is 5.86. The van der Waals surface area contributed by atoms with Gasteiger partial charge < -0.3 is 14.8 Å². The third-order valence-electron chi connectivity index (χ3n) is 3.83. The fourth-order valence-electron chi connectivity index (χ4n) is 2.45. The maximum absolute atomic E-state index is 12.3. The van der Waals surface area contributed by atoms with Gasteiger partial charge in [-0.25, -0.2) is 0 Å². The predicted molar refractivity (Wildman–Crippen MR) is 100 cm³/mol. The maximum atomic E-state index is 12.3. The second-order valence-corrected chi connectivity index (χ2v) is 6.15. The molecule has 0 fully saturated rings. The number of aryl methyl sites for hydroxylation is 1. The summed E-state index contributed by atoms with van der Waals surface area (Å²) in [5.74, 6) is 1.40. The normalized spacial score (nSPS) is 11.6. The molecule has 0 aliphatic carbocycles. The summed E-state index contributed by atoms with van der Waals surface area (Å²) in [4.78, 5) is 12.3. The van der Waals surface area contributed by atoms with Crippen LogP contribution in [0.15, 0.2) is 48.5 Å². The molecular formula is C20H24ClNO3. The third kappa shape index (κ3) is 6.31. The number of nitrogens with one attached hydrogen (secondary N) is 1. The van der Waals surface area contributed by atoms with Gasteiger partial charge in [-0.1, -0.05) is 30.7 Å². The standard InChI is InChI=1S/C20H24ClNO3/c1-3-19(25-17-11-9-16(21)10-12-17)20(23)22-13-5-7-15-6-4-8-18(14-15)24-2/h4,6,8-12,14,19H,3,5,7,13H2,1-2H3,(H,22,23)/t19-/m1/s1. The Labute approximate surface area is 154 Å². The number of methoxy groups -OCH3 is 1. The van der Waals surface area contributed by atoms with Gasteiger partial charge in [0.25, 0.3) is 5.91 Å². The molecule has 0 radical (unpaired) electrons. The molecule has 1 amide bonds. The van der Waals surface area contributed by atoms with Crippen LogP contribution in [0.1, 0.15) is 25.3 Å². The SMILES string of the molecule is CC[C@@H](Oc1ccc(Cl)cc1)C(=O)NCCCc1cccc(OC)c1. The molecule has 0 bridgehead atoms. The van der Waals surface area contributed by atoms with Gasteiger partial charge in [-0.15, -0.1) is 0 Å². The van der Waals surface area contributed by atoms with Crippen LogP contribution in [0, 0.1) is 0 Å². The highest BCUT2D eigenvalue weighted by molar-refractivity contribution is 6.30. The van der Waals surface area contributed by atoms with Crippen molar-refractivity contribution in [2.75, 3.05) is 13.7 Å². The Morgan fingerprint density at radius 3 is 2.60 bits per heavy atom. The van der Waals surface area contributed by atoms with Crippen LogP contribution in [-0.4, -0.2) is 25.7 Å². The fourth-order valence-corrected chi connectivity index (χ4v) is 2.57. The van der Waals surface area contributed by atoms with Gasteiger partial charge in [-0.05, 0) is 61.2 Å². The lowest BCUT2D eigenvalue weighted by Gasteiger charge is -2.17. The molecular weight excluding hydrogens is 338 g/mol. The number of carbonyl (C=O) groups is 1. The second-order valence-electron chi connectivity index (χ2n) is 5.71. The third-order valence-corrected chi connectivity index (χ3v) is 4.08. The van der Waals surface area contributed by atoms with E-state index in [0.29, 0.717) is 23.7 Å². The van der Waals surface area contributed by atoms with Crippen LogP contribution in [-0.2, 0) is 11.2 Å². The van der Waals surface area contributed by atoms with Crippen LogP contribution in [0.4, 0.5) is 0 Å². The van der Waals surface area contributed by atoms with E-state index in [1.54, 1.807) is 31.4 Å². The number of amides is 1. The number of ether oxygens (including phenoxy) is 2. The number of rotatable bonds is 9. The molecule has 25 heavy (non-hydrogen) atoms. The van der Waals surface area contributed by atoms with Gasteiger partial charge in [0.2, 0.25) is 0 Å². The Hall–Kier alpha value is -2.20. The van der Waals surface area contributed by atoms with Gasteiger partial charge in [0, 0.05) is 11.6 Å². The molecule has 0 saturated heterocycles. The Morgan fingerprint density at radius 2 is 1.92 bits per heavy atom. The lowest BCUT2D eigenvalue weighted by Crippen LogP contribution is -2.38. The molecule has 0 heterocycles. The first-order valence-electron chi connectivity index (χ1n) is 8.45. The Bertz CT molecular complexity index is 673. The number of hydrogen-bond acceptors (Lipinski definition) is 3. The first-order chi connectivity index (χ1) is 12.1. The molecule has 5 heteroatoms. The highest BCUT2D eigenvalue weighted by Gasteiger charge is 2.17. The van der Waals surface area contributed by atoms with Crippen molar-refractivity contribution in [3.05, 3.63) is 59.1 Å². The highest BCUT2D eigenvalue weighted by Crippen LogP contribution is 2.18. The zero-order valence-corrected chi connectivity index (χ0v) is 15.4. The topological polar surface area (TPSA) is 47.6 Å². The van der Waals surface area contributed by atoms with Crippen LogP contribution in [0.3, 0.4) is 0 Å². The van der Waals surface area contributed by atoms with E-state index >= 15 is 0 Å². The smallest absolute Gasteiger partial charge is 0.261 e. The quantitative estimate of drug-likeness (QED) is 0.679. The van der Waals surface area contributed by atoms with E-state index in [0.717, 1.165) is 18.6 Å². The van der Waals surface area contributed by atoms with Crippen molar-refractivity contribution < 1.29 is 14.3 Å². The number of benzene rings is 2. The molecule has 0 aliphatic heterocycles. The van der Waals surface area contributed by atoms with Gasteiger partial charge in [0.1, 0.15) is 11.5 Å². The fraction of sp³-hybridized carbons (Fsp3) is 0.350. The van der Waals surface area contributed by atoms with E-state index in [1.165, 1.54) is 5.56 Å². The first kappa shape index (κ1) is 19.1. The minimum atomic E-state index is -0.502. The van der Waals surface area contributed by atoms with Crippen molar-refractivity contribution >= 4 is 17.5 Å². The monoisotopic (exact) mass is 361 g/mol. The first-order valence-corrected chi connectivity index (χ1v) is 8.83. The van der Waals surface area contributed by atoms with Crippen LogP contribution in [0.2, 0.25) is 5.02 Å². The van der Waals surface area contributed by atoms with E-state index < -0.39 is 6.10 Å². The molecule has 134 valence electrons. The molecule has 0 aliphatic rings. The van der Waals surface area contributed by atoms with Gasteiger partial charge in [-0.3, -0.25) is 4.79 Å². The number of carbonyl (C=O) groups excluding carboxylic acids is 1. The molecule has 1 N–H and O–H groups in total. The molecule has 0 aromatic heterocycles. The minimum absolute atomic E-state index is 0.0944. The molecule has 2 aromatic rings. The van der Waals surface area contributed by atoms with Gasteiger partial charge in [0.05, 0.1) is 7.11 Å². The Kier molecular flexibility index (Phi) is 7.61. The summed E-state index contributed by atoms with van der Waals surface area (Å²) in [6.45, 7) is 2.53. The van der Waals surface area contributed by atoms with Crippen LogP contribution < -0.4 is 14.8 Å². The Balaban J connectivity index is 1.76. The summed E-state index contributed by atoms with van der Waals surface area (Å²) < 4.78 is 11.0. The van der Waals surface area contributed by atoms with Gasteiger partial charge in [-0.2, -0.15) is 0 Å². The van der Waals surface area contributed by atoms with E-state index in [2.05, 4.69) is 11.4 Å². The number of halogens is 1. The summed E-state index contributed by atoms with van der Waals surface area (Å²) in [5, 5.41) is 3.58. The lowest BCUT2D eigenvalue weighted by molar-refractivity contribution is -0.128. The van der Waals surface area contributed by atoms with Gasteiger partial charge in [0.15, 0.2) is 6.10 Å². The van der Waals surface area contributed by atoms with Gasteiger partial charge >= 0.3 is 0 Å². The van der Waals surface area contributed by atoms with Crippen molar-refractivity contribution in [3.8, 4) is 11.5 Å². The summed E-state index contributed by atoms with van der Waals surface area (Å²) in [5.41, 5.74) is 1.19. The van der Waals surface area contributed by atoms with Crippen LogP contribution in [0.25, 0.3) is 0 Å². The Morgan fingerprint density at radius 1 is 1.16 bits per heavy atom. The van der Waals surface area contributed by atoms with Crippen molar-refractivity contribution in [3.63, 3.8) is 0 Å². The summed E-state index contributed by atoms with van der Waals surface area (Å²) in [6.07, 6.45) is 1.84. The molecule has 0 spiro atoms. The maximum Gasteiger partial charge on any atom is 0.261 e. The van der Waals surface area contributed by atoms with Crippen molar-refractivity contribution in [1.29, 1.82) is 0 Å². The van der Waals surface area contributed by atoms with Crippen molar-refractivity contribution in [1.82, 2.24) is 5.32 Å². The zero-order chi connectivity index (χ0) is 18.1. The van der Waals surface area contributed by atoms with E-state index in [-0.39, 0.29) is 5.91 Å². The lowest BCUT2D eigenvalue weighted by atomic mass is 10.1. The molecule has 4 nitrogen and oxygen atoms in total. The summed E-state index contributed by atoms with van der Waals surface area (Å²) in [7, 11) is 1.66. The minimum Gasteiger partial charge on any atom is -0.497 e. The van der Waals surface area contributed by atoms with Crippen LogP contribution >= 0.6 is 11.6 Å². The highest BCUT2D eigenvalue weighted by atomic mass is 35.5. The van der Waals surface area contributed by atoms with E-state index in [9.17, 15) is 4.79 Å². The molecule has 0 saturated carbocycles. The van der Waals surface area contributed by atoms with Crippen LogP contribution in [0.5, 0.6) is 11.5 Å². The van der Waals surface area contributed by atoms with Crippen molar-refractivity contribution in [2.24, 2.45) is 0 Å².